The quantitative estimate of drug-likeness (QED) is 0.730. The number of alkyl halides is 3. The highest BCUT2D eigenvalue weighted by atomic mass is 35.5. The number of pyridine rings is 1. The predicted octanol–water partition coefficient (Wildman–Crippen LogP) is 2.82. The van der Waals surface area contributed by atoms with E-state index < -0.39 is 16.8 Å². The number of hydrogen-bond donors (Lipinski definition) is 0. The molecule has 1 aromatic heterocycles. The van der Waals surface area contributed by atoms with Crippen LogP contribution in [0.4, 0.5) is 13.2 Å². The van der Waals surface area contributed by atoms with E-state index >= 15 is 0 Å². The van der Waals surface area contributed by atoms with Gasteiger partial charge >= 0.3 is 6.18 Å². The van der Waals surface area contributed by atoms with Crippen molar-refractivity contribution in [3.8, 4) is 6.07 Å². The van der Waals surface area contributed by atoms with E-state index in [1.54, 1.807) is 6.07 Å². The lowest BCUT2D eigenvalue weighted by Gasteiger charge is -2.08. The molecule has 14 heavy (non-hydrogen) atoms. The van der Waals surface area contributed by atoms with Crippen LogP contribution in [0.2, 0.25) is 5.02 Å². The Morgan fingerprint density at radius 3 is 2.64 bits per heavy atom. The van der Waals surface area contributed by atoms with Gasteiger partial charge < -0.3 is 0 Å². The van der Waals surface area contributed by atoms with Crippen molar-refractivity contribution in [3.63, 3.8) is 0 Å². The van der Waals surface area contributed by atoms with E-state index in [1.165, 1.54) is 0 Å². The fourth-order valence-corrected chi connectivity index (χ4v) is 1.09. The number of nitriles is 1. The predicted molar refractivity (Wildman–Crippen MR) is 43.6 cm³/mol. The molecule has 0 aliphatic carbocycles. The average molecular weight is 221 g/mol. The topological polar surface area (TPSA) is 36.7 Å². The summed E-state index contributed by atoms with van der Waals surface area (Å²) in [4.78, 5) is 3.59. The molecule has 0 saturated heterocycles. The van der Waals surface area contributed by atoms with Gasteiger partial charge in [-0.1, -0.05) is 11.6 Å². The lowest BCUT2D eigenvalue weighted by Crippen LogP contribution is -2.07. The Kier molecular flexibility index (Phi) is 2.96. The summed E-state index contributed by atoms with van der Waals surface area (Å²) in [7, 11) is 0. The molecule has 0 fully saturated rings. The molecule has 0 aliphatic heterocycles. The molecule has 1 heterocycles. The minimum Gasteiger partial charge on any atom is -0.259 e. The SMILES string of the molecule is N#CCc1cc(C(F)(F)F)c(Cl)cn1. The van der Waals surface area contributed by atoms with E-state index in [9.17, 15) is 13.2 Å². The van der Waals surface area contributed by atoms with Gasteiger partial charge in [-0.2, -0.15) is 18.4 Å². The molecule has 0 N–H and O–H groups in total. The molecule has 0 aliphatic rings. The van der Waals surface area contributed by atoms with Gasteiger partial charge in [-0.15, -0.1) is 0 Å². The van der Waals surface area contributed by atoms with Gasteiger partial charge in [0.1, 0.15) is 0 Å². The van der Waals surface area contributed by atoms with Crippen LogP contribution in [-0.2, 0) is 12.6 Å². The van der Waals surface area contributed by atoms with E-state index in [0.29, 0.717) is 0 Å². The lowest BCUT2D eigenvalue weighted by atomic mass is 10.2. The Bertz CT molecular complexity index is 381. The van der Waals surface area contributed by atoms with Gasteiger partial charge in [0.15, 0.2) is 0 Å². The second-order valence-corrected chi connectivity index (χ2v) is 2.90. The van der Waals surface area contributed by atoms with Gasteiger partial charge in [-0.05, 0) is 6.07 Å². The summed E-state index contributed by atoms with van der Waals surface area (Å²) < 4.78 is 36.8. The number of halogens is 4. The van der Waals surface area contributed by atoms with Gasteiger partial charge in [0.05, 0.1) is 28.8 Å². The van der Waals surface area contributed by atoms with Crippen LogP contribution in [0.5, 0.6) is 0 Å². The molecule has 6 heteroatoms. The molecule has 1 aromatic rings. The van der Waals surface area contributed by atoms with Gasteiger partial charge in [-0.3, -0.25) is 4.98 Å². The third-order valence-corrected chi connectivity index (χ3v) is 1.78. The molecule has 2 nitrogen and oxygen atoms in total. The van der Waals surface area contributed by atoms with Crippen LogP contribution < -0.4 is 0 Å². The molecule has 0 aromatic carbocycles. The number of nitrogens with zero attached hydrogens (tertiary/aromatic N) is 2. The van der Waals surface area contributed by atoms with Crippen LogP contribution in [0.15, 0.2) is 12.3 Å². The Hall–Kier alpha value is -1.28. The van der Waals surface area contributed by atoms with Crippen molar-refractivity contribution in [2.45, 2.75) is 12.6 Å². The van der Waals surface area contributed by atoms with Crippen LogP contribution in [0.3, 0.4) is 0 Å². The van der Waals surface area contributed by atoms with E-state index in [-0.39, 0.29) is 12.1 Å². The van der Waals surface area contributed by atoms with Crippen LogP contribution in [-0.4, -0.2) is 4.98 Å². The minimum atomic E-state index is -4.51. The fraction of sp³-hybridized carbons (Fsp3) is 0.250. The van der Waals surface area contributed by atoms with Gasteiger partial charge in [0.2, 0.25) is 0 Å². The first-order valence-corrected chi connectivity index (χ1v) is 3.91. The highest BCUT2D eigenvalue weighted by Crippen LogP contribution is 2.34. The molecule has 0 spiro atoms. The standard InChI is InChI=1S/C8H4ClF3N2/c9-7-4-14-5(1-2-13)3-6(7)8(10,11)12/h3-4H,1H2. The molecular formula is C8H4ClF3N2. The second kappa shape index (κ2) is 3.84. The Balaban J connectivity index is 3.17. The fourth-order valence-electron chi connectivity index (χ4n) is 0.877. The van der Waals surface area contributed by atoms with Gasteiger partial charge in [-0.25, -0.2) is 0 Å². The van der Waals surface area contributed by atoms with Crippen LogP contribution in [0, 0.1) is 11.3 Å². The minimum absolute atomic E-state index is 0.0595. The second-order valence-electron chi connectivity index (χ2n) is 2.49. The third kappa shape index (κ3) is 2.36. The summed E-state index contributed by atoms with van der Waals surface area (Å²) in [6.45, 7) is 0. The highest BCUT2D eigenvalue weighted by molar-refractivity contribution is 6.31. The Labute approximate surface area is 82.9 Å². The third-order valence-electron chi connectivity index (χ3n) is 1.48. The first-order valence-electron chi connectivity index (χ1n) is 3.53. The number of rotatable bonds is 1. The highest BCUT2D eigenvalue weighted by Gasteiger charge is 2.33. The summed E-state index contributed by atoms with van der Waals surface area (Å²) in [6.07, 6.45) is -3.78. The summed E-state index contributed by atoms with van der Waals surface area (Å²) in [5, 5.41) is 7.82. The van der Waals surface area contributed by atoms with E-state index in [1.807, 2.05) is 0 Å². The molecule has 0 bridgehead atoms. The van der Waals surface area contributed by atoms with Crippen molar-refractivity contribution in [2.24, 2.45) is 0 Å². The van der Waals surface area contributed by atoms with Crippen molar-refractivity contribution in [3.05, 3.63) is 28.5 Å². The number of aromatic nitrogens is 1. The Morgan fingerprint density at radius 2 is 2.14 bits per heavy atom. The molecule has 0 saturated carbocycles. The summed E-state index contributed by atoms with van der Waals surface area (Å²) in [5.74, 6) is 0. The van der Waals surface area contributed by atoms with Crippen LogP contribution in [0.25, 0.3) is 0 Å². The monoisotopic (exact) mass is 220 g/mol. The molecule has 74 valence electrons. The van der Waals surface area contributed by atoms with Crippen molar-refractivity contribution in [1.82, 2.24) is 4.98 Å². The van der Waals surface area contributed by atoms with Gasteiger partial charge in [0.25, 0.3) is 0 Å². The van der Waals surface area contributed by atoms with Crippen LogP contribution in [0.1, 0.15) is 11.3 Å². The maximum atomic E-state index is 12.3. The molecule has 0 unspecified atom stereocenters. The first-order chi connectivity index (χ1) is 6.45. The molecule has 0 radical (unpaired) electrons. The zero-order valence-corrected chi connectivity index (χ0v) is 7.52. The molecule has 0 amide bonds. The molecule has 0 atom stereocenters. The molecular weight excluding hydrogens is 217 g/mol. The largest absolute Gasteiger partial charge is 0.417 e. The summed E-state index contributed by atoms with van der Waals surface area (Å²) in [6, 6.07) is 2.49. The first kappa shape index (κ1) is 10.8. The maximum Gasteiger partial charge on any atom is 0.417 e. The van der Waals surface area contributed by atoms with E-state index in [0.717, 1.165) is 12.3 Å². The molecule has 1 rings (SSSR count). The van der Waals surface area contributed by atoms with Crippen molar-refractivity contribution in [1.29, 1.82) is 5.26 Å². The van der Waals surface area contributed by atoms with E-state index in [2.05, 4.69) is 4.98 Å². The normalized spacial score (nSPS) is 11.1. The lowest BCUT2D eigenvalue weighted by molar-refractivity contribution is -0.137. The summed E-state index contributed by atoms with van der Waals surface area (Å²) in [5.41, 5.74) is -0.899. The van der Waals surface area contributed by atoms with Crippen molar-refractivity contribution < 1.29 is 13.2 Å². The maximum absolute atomic E-state index is 12.3. The smallest absolute Gasteiger partial charge is 0.259 e. The van der Waals surface area contributed by atoms with Gasteiger partial charge in [0, 0.05) is 6.20 Å². The zero-order chi connectivity index (χ0) is 10.8. The summed E-state index contributed by atoms with van der Waals surface area (Å²) >= 11 is 5.32. The van der Waals surface area contributed by atoms with Crippen LogP contribution >= 0.6 is 11.6 Å². The van der Waals surface area contributed by atoms with Crippen molar-refractivity contribution >= 4 is 11.6 Å². The average Bonchev–Trinajstić information content (AvgIpc) is 2.07. The van der Waals surface area contributed by atoms with E-state index in [4.69, 9.17) is 16.9 Å². The number of hydrogen-bond acceptors (Lipinski definition) is 2. The van der Waals surface area contributed by atoms with Crippen molar-refractivity contribution in [2.75, 3.05) is 0 Å². The Morgan fingerprint density at radius 1 is 1.50 bits per heavy atom. The zero-order valence-electron chi connectivity index (χ0n) is 6.77.